The quantitative estimate of drug-likeness (QED) is 0.342. The van der Waals surface area contributed by atoms with Crippen LogP contribution in [-0.4, -0.2) is 51.9 Å². The van der Waals surface area contributed by atoms with Gasteiger partial charge in [0.25, 0.3) is 5.91 Å². The van der Waals surface area contributed by atoms with Gasteiger partial charge in [-0.15, -0.1) is 0 Å². The Morgan fingerprint density at radius 1 is 1.09 bits per heavy atom. The van der Waals surface area contributed by atoms with Crippen molar-refractivity contribution in [2.45, 2.75) is 18.4 Å². The van der Waals surface area contributed by atoms with E-state index in [1.807, 2.05) is 0 Å². The zero-order valence-corrected chi connectivity index (χ0v) is 20.7. The van der Waals surface area contributed by atoms with Crippen LogP contribution in [0.1, 0.15) is 12.5 Å². The van der Waals surface area contributed by atoms with Gasteiger partial charge in [-0.3, -0.25) is 9.59 Å². The number of thiazole rings is 1. The van der Waals surface area contributed by atoms with Crippen LogP contribution in [0.25, 0.3) is 16.3 Å². The Hall–Kier alpha value is -3.44. The molecule has 1 heterocycles. The minimum atomic E-state index is -3.42. The summed E-state index contributed by atoms with van der Waals surface area (Å²) < 4.78 is 41.5. The van der Waals surface area contributed by atoms with Crippen molar-refractivity contribution in [1.82, 2.24) is 4.57 Å². The van der Waals surface area contributed by atoms with E-state index in [9.17, 15) is 18.0 Å². The van der Waals surface area contributed by atoms with Crippen LogP contribution in [0.15, 0.2) is 52.4 Å². The average molecular weight is 505 g/mol. The van der Waals surface area contributed by atoms with Crippen LogP contribution in [0.2, 0.25) is 0 Å². The first kappa shape index (κ1) is 25.2. The summed E-state index contributed by atoms with van der Waals surface area (Å²) in [5.74, 6) is 0.0355. The number of amides is 1. The lowest BCUT2D eigenvalue weighted by molar-refractivity contribution is -0.143. The maximum absolute atomic E-state index is 12.6. The molecule has 0 N–H and O–H groups in total. The lowest BCUT2D eigenvalue weighted by Crippen LogP contribution is -2.22. The Kier molecular flexibility index (Phi) is 7.90. The van der Waals surface area contributed by atoms with Gasteiger partial charge >= 0.3 is 5.97 Å². The van der Waals surface area contributed by atoms with Gasteiger partial charge in [0.05, 0.1) is 35.9 Å². The zero-order valence-electron chi connectivity index (χ0n) is 19.1. The van der Waals surface area contributed by atoms with E-state index in [2.05, 4.69) is 4.99 Å². The van der Waals surface area contributed by atoms with E-state index < -0.39 is 21.7 Å². The standard InChI is InChI=1S/C23H24N2O7S2/c1-5-32-22(27)14-25-17-9-8-16(34(4,28)29)13-20(17)33-23(25)24-21(26)11-7-15-6-10-18(30-2)19(12-15)31-3/h6-13H,5,14H2,1-4H3/b11-7-,24-23?. The first-order chi connectivity index (χ1) is 16.2. The van der Waals surface area contributed by atoms with Crippen LogP contribution in [0.4, 0.5) is 0 Å². The van der Waals surface area contributed by atoms with Crippen molar-refractivity contribution in [3.05, 3.63) is 52.8 Å². The molecule has 0 fully saturated rings. The molecule has 0 unspecified atom stereocenters. The van der Waals surface area contributed by atoms with E-state index in [1.54, 1.807) is 37.3 Å². The van der Waals surface area contributed by atoms with E-state index in [4.69, 9.17) is 14.2 Å². The van der Waals surface area contributed by atoms with Crippen LogP contribution in [0, 0.1) is 0 Å². The molecule has 0 aliphatic carbocycles. The van der Waals surface area contributed by atoms with Crippen LogP contribution in [0.5, 0.6) is 11.5 Å². The lowest BCUT2D eigenvalue weighted by Gasteiger charge is -2.07. The number of sulfone groups is 1. The van der Waals surface area contributed by atoms with Crippen molar-refractivity contribution in [2.24, 2.45) is 4.99 Å². The van der Waals surface area contributed by atoms with Crippen molar-refractivity contribution < 1.29 is 32.2 Å². The molecule has 0 radical (unpaired) electrons. The van der Waals surface area contributed by atoms with Gasteiger partial charge in [-0.1, -0.05) is 17.4 Å². The van der Waals surface area contributed by atoms with E-state index in [1.165, 1.54) is 37.0 Å². The lowest BCUT2D eigenvalue weighted by atomic mass is 10.2. The highest BCUT2D eigenvalue weighted by Crippen LogP contribution is 2.28. The number of nitrogens with zero attached hydrogens (tertiary/aromatic N) is 2. The van der Waals surface area contributed by atoms with Crippen LogP contribution < -0.4 is 14.3 Å². The Balaban J connectivity index is 2.02. The van der Waals surface area contributed by atoms with Crippen LogP contribution in [-0.2, 0) is 30.7 Å². The number of hydrogen-bond donors (Lipinski definition) is 0. The van der Waals surface area contributed by atoms with Gasteiger partial charge in [0.15, 0.2) is 26.1 Å². The number of benzene rings is 2. The largest absolute Gasteiger partial charge is 0.493 e. The minimum absolute atomic E-state index is 0.135. The maximum atomic E-state index is 12.6. The first-order valence-corrected chi connectivity index (χ1v) is 12.8. The van der Waals surface area contributed by atoms with Gasteiger partial charge < -0.3 is 18.8 Å². The second-order valence-corrected chi connectivity index (χ2v) is 10.1. The molecular weight excluding hydrogens is 480 g/mol. The highest BCUT2D eigenvalue weighted by atomic mass is 32.2. The fourth-order valence-corrected chi connectivity index (χ4v) is 4.91. The molecule has 0 saturated carbocycles. The molecule has 9 nitrogen and oxygen atoms in total. The molecule has 1 aromatic heterocycles. The Labute approximate surface area is 200 Å². The highest BCUT2D eigenvalue weighted by molar-refractivity contribution is 7.90. The number of rotatable bonds is 8. The third kappa shape index (κ3) is 5.91. The van der Waals surface area contributed by atoms with Gasteiger partial charge in [0.2, 0.25) is 0 Å². The molecule has 3 aromatic rings. The molecule has 11 heteroatoms. The molecule has 0 aliphatic rings. The summed E-state index contributed by atoms with van der Waals surface area (Å²) >= 11 is 1.11. The fourth-order valence-electron chi connectivity index (χ4n) is 3.11. The molecule has 1 amide bonds. The number of carbonyl (C=O) groups is 2. The molecule has 0 saturated heterocycles. The van der Waals surface area contributed by atoms with Gasteiger partial charge in [-0.2, -0.15) is 4.99 Å². The maximum Gasteiger partial charge on any atom is 0.326 e. The summed E-state index contributed by atoms with van der Waals surface area (Å²) in [6, 6.07) is 9.74. The SMILES string of the molecule is CCOC(=O)Cn1c(=NC(=O)/C=C\c2ccc(OC)c(OC)c2)sc2cc(S(C)(=O)=O)ccc21. The predicted molar refractivity (Wildman–Crippen MR) is 129 cm³/mol. The third-order valence-electron chi connectivity index (χ3n) is 4.71. The van der Waals surface area contributed by atoms with Gasteiger partial charge in [-0.25, -0.2) is 8.42 Å². The summed E-state index contributed by atoms with van der Waals surface area (Å²) in [6.45, 7) is 1.73. The zero-order chi connectivity index (χ0) is 24.9. The summed E-state index contributed by atoms with van der Waals surface area (Å²) in [5.41, 5.74) is 1.27. The molecule has 34 heavy (non-hydrogen) atoms. The van der Waals surface area contributed by atoms with Gasteiger partial charge in [-0.05, 0) is 48.9 Å². The average Bonchev–Trinajstić information content (AvgIpc) is 3.12. The summed E-state index contributed by atoms with van der Waals surface area (Å²) in [4.78, 5) is 29.3. The van der Waals surface area contributed by atoms with E-state index in [-0.39, 0.29) is 22.8 Å². The van der Waals surface area contributed by atoms with E-state index >= 15 is 0 Å². The topological polar surface area (TPSA) is 113 Å². The molecule has 0 atom stereocenters. The van der Waals surface area contributed by atoms with Gasteiger partial charge in [0.1, 0.15) is 6.54 Å². The molecule has 3 rings (SSSR count). The molecule has 180 valence electrons. The molecular formula is C23H24N2O7S2. The van der Waals surface area contributed by atoms with Crippen molar-refractivity contribution in [3.8, 4) is 11.5 Å². The third-order valence-corrected chi connectivity index (χ3v) is 6.86. The second-order valence-electron chi connectivity index (χ2n) is 7.08. The second kappa shape index (κ2) is 10.7. The Morgan fingerprint density at radius 3 is 2.47 bits per heavy atom. The van der Waals surface area contributed by atoms with E-state index in [0.29, 0.717) is 27.3 Å². The number of ether oxygens (including phenoxy) is 3. The predicted octanol–water partition coefficient (Wildman–Crippen LogP) is 2.83. The molecule has 0 bridgehead atoms. The van der Waals surface area contributed by atoms with Crippen LogP contribution >= 0.6 is 11.3 Å². The van der Waals surface area contributed by atoms with E-state index in [0.717, 1.165) is 17.6 Å². The number of fused-ring (bicyclic) bond motifs is 1. The number of esters is 1. The highest BCUT2D eigenvalue weighted by Gasteiger charge is 2.15. The number of carbonyl (C=O) groups excluding carboxylic acids is 2. The summed E-state index contributed by atoms with van der Waals surface area (Å²) in [5, 5.41) is 0. The summed E-state index contributed by atoms with van der Waals surface area (Å²) in [6.07, 6.45) is 3.99. The smallest absolute Gasteiger partial charge is 0.326 e. The Morgan fingerprint density at radius 2 is 1.82 bits per heavy atom. The van der Waals surface area contributed by atoms with Crippen LogP contribution in [0.3, 0.4) is 0 Å². The normalized spacial score (nSPS) is 12.3. The Bertz CT molecular complexity index is 1430. The van der Waals surface area contributed by atoms with Gasteiger partial charge in [0, 0.05) is 12.3 Å². The van der Waals surface area contributed by atoms with Crippen molar-refractivity contribution in [2.75, 3.05) is 27.1 Å². The van der Waals surface area contributed by atoms with Crippen molar-refractivity contribution in [3.63, 3.8) is 0 Å². The van der Waals surface area contributed by atoms with Crippen molar-refractivity contribution in [1.29, 1.82) is 0 Å². The fraction of sp³-hybridized carbons (Fsp3) is 0.261. The number of hydrogen-bond acceptors (Lipinski definition) is 8. The minimum Gasteiger partial charge on any atom is -0.493 e. The monoisotopic (exact) mass is 504 g/mol. The molecule has 2 aromatic carbocycles. The van der Waals surface area contributed by atoms with Crippen molar-refractivity contribution >= 4 is 49.3 Å². The first-order valence-electron chi connectivity index (χ1n) is 10.1. The number of methoxy groups -OCH3 is 2. The summed E-state index contributed by atoms with van der Waals surface area (Å²) in [7, 11) is -0.373. The molecule has 0 aliphatic heterocycles. The molecule has 0 spiro atoms. The number of aromatic nitrogens is 1.